The molecule has 0 radical (unpaired) electrons. The molecule has 0 aliphatic carbocycles. The summed E-state index contributed by atoms with van der Waals surface area (Å²) in [6, 6.07) is 8.45. The van der Waals surface area contributed by atoms with E-state index in [0.29, 0.717) is 0 Å². The van der Waals surface area contributed by atoms with Crippen molar-refractivity contribution in [2.75, 3.05) is 19.3 Å². The average molecular weight is 316 g/mol. The van der Waals surface area contributed by atoms with Gasteiger partial charge in [0.1, 0.15) is 0 Å². The zero-order valence-electron chi connectivity index (χ0n) is 10.5. The molecule has 3 heteroatoms. The molecule has 1 rings (SSSR count). The molecular weight excluding hydrogens is 294 g/mol. The summed E-state index contributed by atoms with van der Waals surface area (Å²) < 4.78 is 1.21. The van der Waals surface area contributed by atoms with Gasteiger partial charge in [-0.05, 0) is 43.8 Å². The molecule has 0 bridgehead atoms. The zero-order chi connectivity index (χ0) is 12.5. The van der Waals surface area contributed by atoms with Gasteiger partial charge in [-0.15, -0.1) is 0 Å². The molecule has 0 saturated heterocycles. The van der Waals surface area contributed by atoms with Crippen molar-refractivity contribution in [3.05, 3.63) is 34.3 Å². The smallest absolute Gasteiger partial charge is 0.0241 e. The van der Waals surface area contributed by atoms with Gasteiger partial charge in [0.2, 0.25) is 0 Å². The van der Waals surface area contributed by atoms with Crippen LogP contribution >= 0.6 is 28.6 Å². The van der Waals surface area contributed by atoms with Gasteiger partial charge >= 0.3 is 0 Å². The van der Waals surface area contributed by atoms with Crippen molar-refractivity contribution in [1.29, 1.82) is 0 Å². The second kappa shape index (κ2) is 9.01. The molecule has 0 saturated carbocycles. The highest BCUT2D eigenvalue weighted by Gasteiger charge is 2.03. The molecule has 17 heavy (non-hydrogen) atoms. The van der Waals surface area contributed by atoms with E-state index in [-0.39, 0.29) is 0 Å². The first-order chi connectivity index (χ1) is 8.24. The van der Waals surface area contributed by atoms with Gasteiger partial charge in [-0.2, -0.15) is 12.6 Å². The number of unbranched alkanes of at least 4 members (excludes halogenated alkanes) is 3. The molecule has 0 amide bonds. The Labute approximate surface area is 119 Å². The van der Waals surface area contributed by atoms with Gasteiger partial charge in [0.25, 0.3) is 0 Å². The van der Waals surface area contributed by atoms with Crippen LogP contribution in [0.3, 0.4) is 0 Å². The van der Waals surface area contributed by atoms with Crippen LogP contribution in [0.15, 0.2) is 28.7 Å². The molecule has 0 aromatic heterocycles. The Morgan fingerprint density at radius 2 is 1.82 bits per heavy atom. The standard InChI is InChI=1S/C14H22BrNS/c1-16(10-6-2-3-7-11-17)12-13-8-4-5-9-14(13)15/h4-5,8-9,17H,2-3,6-7,10-12H2,1H3. The summed E-state index contributed by atoms with van der Waals surface area (Å²) in [6.45, 7) is 2.20. The number of hydrogen-bond acceptors (Lipinski definition) is 2. The molecular formula is C14H22BrNS. The van der Waals surface area contributed by atoms with Crippen LogP contribution in [0.25, 0.3) is 0 Å². The first-order valence-electron chi connectivity index (χ1n) is 6.27. The third kappa shape index (κ3) is 6.49. The zero-order valence-corrected chi connectivity index (χ0v) is 13.0. The van der Waals surface area contributed by atoms with Gasteiger partial charge in [-0.25, -0.2) is 0 Å². The lowest BCUT2D eigenvalue weighted by Gasteiger charge is -2.17. The first-order valence-corrected chi connectivity index (χ1v) is 7.69. The summed E-state index contributed by atoms with van der Waals surface area (Å²) in [5, 5.41) is 0. The lowest BCUT2D eigenvalue weighted by molar-refractivity contribution is 0.316. The van der Waals surface area contributed by atoms with E-state index >= 15 is 0 Å². The maximum absolute atomic E-state index is 4.23. The lowest BCUT2D eigenvalue weighted by Crippen LogP contribution is -2.19. The van der Waals surface area contributed by atoms with Crippen LogP contribution in [0.1, 0.15) is 31.2 Å². The molecule has 0 unspecified atom stereocenters. The Morgan fingerprint density at radius 3 is 2.53 bits per heavy atom. The quantitative estimate of drug-likeness (QED) is 0.550. The van der Waals surface area contributed by atoms with Crippen molar-refractivity contribution in [2.24, 2.45) is 0 Å². The fraction of sp³-hybridized carbons (Fsp3) is 0.571. The minimum Gasteiger partial charge on any atom is -0.302 e. The van der Waals surface area contributed by atoms with E-state index in [1.807, 2.05) is 0 Å². The first kappa shape index (κ1) is 15.1. The van der Waals surface area contributed by atoms with Crippen molar-refractivity contribution in [1.82, 2.24) is 4.90 Å². The van der Waals surface area contributed by atoms with E-state index in [1.165, 1.54) is 42.3 Å². The number of thiol groups is 1. The summed E-state index contributed by atoms with van der Waals surface area (Å²) in [5.41, 5.74) is 1.37. The minimum atomic E-state index is 1.02. The number of nitrogens with zero attached hydrogens (tertiary/aromatic N) is 1. The van der Waals surface area contributed by atoms with Gasteiger partial charge in [0.05, 0.1) is 0 Å². The minimum absolute atomic E-state index is 1.02. The molecule has 0 fully saturated rings. The van der Waals surface area contributed by atoms with Gasteiger partial charge < -0.3 is 4.90 Å². The molecule has 0 aliphatic heterocycles. The van der Waals surface area contributed by atoms with Gasteiger partial charge in [0, 0.05) is 11.0 Å². The van der Waals surface area contributed by atoms with Gasteiger partial charge in [0.15, 0.2) is 0 Å². The summed E-state index contributed by atoms with van der Waals surface area (Å²) >= 11 is 7.82. The van der Waals surface area contributed by atoms with E-state index in [1.54, 1.807) is 0 Å². The van der Waals surface area contributed by atoms with Crippen LogP contribution in [-0.4, -0.2) is 24.2 Å². The summed E-state index contributed by atoms with van der Waals surface area (Å²) in [6.07, 6.45) is 5.17. The van der Waals surface area contributed by atoms with Crippen molar-refractivity contribution >= 4 is 28.6 Å². The molecule has 0 N–H and O–H groups in total. The number of rotatable bonds is 8. The van der Waals surface area contributed by atoms with E-state index in [0.717, 1.165) is 12.3 Å². The second-order valence-electron chi connectivity index (χ2n) is 4.47. The Balaban J connectivity index is 2.21. The predicted octanol–water partition coefficient (Wildman–Crippen LogP) is 4.37. The number of benzene rings is 1. The van der Waals surface area contributed by atoms with Gasteiger partial charge in [-0.3, -0.25) is 0 Å². The highest BCUT2D eigenvalue weighted by molar-refractivity contribution is 9.10. The van der Waals surface area contributed by atoms with E-state index in [2.05, 4.69) is 64.8 Å². The topological polar surface area (TPSA) is 3.24 Å². The van der Waals surface area contributed by atoms with Crippen LogP contribution in [0.4, 0.5) is 0 Å². The molecule has 0 aliphatic rings. The van der Waals surface area contributed by atoms with Crippen molar-refractivity contribution in [2.45, 2.75) is 32.2 Å². The van der Waals surface area contributed by atoms with Crippen molar-refractivity contribution < 1.29 is 0 Å². The van der Waals surface area contributed by atoms with Crippen LogP contribution in [-0.2, 0) is 6.54 Å². The molecule has 0 heterocycles. The van der Waals surface area contributed by atoms with Crippen LogP contribution in [0, 0.1) is 0 Å². The SMILES string of the molecule is CN(CCCCCCS)Cc1ccccc1Br. The monoisotopic (exact) mass is 315 g/mol. The molecule has 0 atom stereocenters. The normalized spacial score (nSPS) is 11.1. The van der Waals surface area contributed by atoms with E-state index in [9.17, 15) is 0 Å². The van der Waals surface area contributed by atoms with Gasteiger partial charge in [-0.1, -0.05) is 47.0 Å². The van der Waals surface area contributed by atoms with Crippen LogP contribution in [0.2, 0.25) is 0 Å². The third-order valence-corrected chi connectivity index (χ3v) is 3.94. The molecule has 0 spiro atoms. The number of hydrogen-bond donors (Lipinski definition) is 1. The average Bonchev–Trinajstić information content (AvgIpc) is 2.32. The van der Waals surface area contributed by atoms with Crippen molar-refractivity contribution in [3.8, 4) is 0 Å². The fourth-order valence-electron chi connectivity index (χ4n) is 1.84. The predicted molar refractivity (Wildman–Crippen MR) is 82.8 cm³/mol. The molecule has 1 aromatic carbocycles. The summed E-state index contributed by atoms with van der Waals surface area (Å²) in [4.78, 5) is 2.39. The maximum atomic E-state index is 4.23. The Morgan fingerprint density at radius 1 is 1.12 bits per heavy atom. The second-order valence-corrected chi connectivity index (χ2v) is 5.77. The molecule has 1 nitrogen and oxygen atoms in total. The summed E-state index contributed by atoms with van der Waals surface area (Å²) in [7, 11) is 2.19. The third-order valence-electron chi connectivity index (χ3n) is 2.85. The highest BCUT2D eigenvalue weighted by atomic mass is 79.9. The Bertz CT molecular complexity index is 317. The maximum Gasteiger partial charge on any atom is 0.0241 e. The number of halogens is 1. The Kier molecular flexibility index (Phi) is 7.99. The highest BCUT2D eigenvalue weighted by Crippen LogP contribution is 2.17. The summed E-state index contributed by atoms with van der Waals surface area (Å²) in [5.74, 6) is 1.02. The molecule has 96 valence electrons. The Hall–Kier alpha value is 0.01000. The fourth-order valence-corrected chi connectivity index (χ4v) is 2.48. The van der Waals surface area contributed by atoms with Crippen molar-refractivity contribution in [3.63, 3.8) is 0 Å². The van der Waals surface area contributed by atoms with Crippen LogP contribution < -0.4 is 0 Å². The van der Waals surface area contributed by atoms with E-state index < -0.39 is 0 Å². The van der Waals surface area contributed by atoms with E-state index in [4.69, 9.17) is 0 Å². The molecule has 1 aromatic rings. The largest absolute Gasteiger partial charge is 0.302 e. The lowest BCUT2D eigenvalue weighted by atomic mass is 10.2. The van der Waals surface area contributed by atoms with Crippen LogP contribution in [0.5, 0.6) is 0 Å².